The summed E-state index contributed by atoms with van der Waals surface area (Å²) in [5.74, 6) is 1.23. The number of piperazine rings is 1. The van der Waals surface area contributed by atoms with Crippen LogP contribution in [-0.2, 0) is 0 Å². The number of carbonyl (C=O) groups is 1. The van der Waals surface area contributed by atoms with Crippen molar-refractivity contribution in [1.29, 1.82) is 0 Å². The normalized spacial score (nSPS) is 16.9. The minimum atomic E-state index is -0.220. The van der Waals surface area contributed by atoms with Gasteiger partial charge in [-0.05, 0) is 42.5 Å². The van der Waals surface area contributed by atoms with Gasteiger partial charge in [0.15, 0.2) is 11.5 Å². The van der Waals surface area contributed by atoms with Gasteiger partial charge in [0.05, 0.1) is 26.2 Å². The summed E-state index contributed by atoms with van der Waals surface area (Å²) < 4.78 is 23.6. The van der Waals surface area contributed by atoms with E-state index >= 15 is 0 Å². The minimum Gasteiger partial charge on any atom is -0.454 e. The SMILES string of the molecule is O=C(C[NH+]1CCN(c2ccc(F)cc2)CC1)c1ccc2c(c1)OCO2. The van der Waals surface area contributed by atoms with Gasteiger partial charge in [0.25, 0.3) is 0 Å². The number of benzene rings is 2. The van der Waals surface area contributed by atoms with Crippen LogP contribution in [0.3, 0.4) is 0 Å². The average Bonchev–Trinajstić information content (AvgIpc) is 3.11. The van der Waals surface area contributed by atoms with Crippen LogP contribution in [0.2, 0.25) is 0 Å². The summed E-state index contributed by atoms with van der Waals surface area (Å²) in [4.78, 5) is 16.0. The molecule has 0 atom stereocenters. The van der Waals surface area contributed by atoms with Crippen LogP contribution in [0.25, 0.3) is 0 Å². The fraction of sp³-hybridized carbons (Fsp3) is 0.316. The molecule has 0 spiro atoms. The highest BCUT2D eigenvalue weighted by molar-refractivity contribution is 5.97. The van der Waals surface area contributed by atoms with E-state index in [9.17, 15) is 9.18 Å². The Kier molecular flexibility index (Phi) is 4.28. The Labute approximate surface area is 145 Å². The number of carbonyl (C=O) groups excluding carboxylic acids is 1. The van der Waals surface area contributed by atoms with E-state index in [1.807, 2.05) is 0 Å². The smallest absolute Gasteiger partial charge is 0.231 e. The largest absolute Gasteiger partial charge is 0.454 e. The Morgan fingerprint density at radius 2 is 1.76 bits per heavy atom. The molecule has 2 aromatic carbocycles. The lowest BCUT2D eigenvalue weighted by Crippen LogP contribution is -3.15. The number of quaternary nitrogens is 1. The molecule has 6 heteroatoms. The molecule has 25 heavy (non-hydrogen) atoms. The van der Waals surface area contributed by atoms with Crippen LogP contribution in [0.5, 0.6) is 11.5 Å². The van der Waals surface area contributed by atoms with Crippen molar-refractivity contribution in [3.8, 4) is 11.5 Å². The molecule has 0 bridgehead atoms. The number of fused-ring (bicyclic) bond motifs is 1. The van der Waals surface area contributed by atoms with Crippen molar-refractivity contribution >= 4 is 11.5 Å². The zero-order valence-corrected chi connectivity index (χ0v) is 13.8. The number of hydrogen-bond acceptors (Lipinski definition) is 4. The van der Waals surface area contributed by atoms with Crippen molar-refractivity contribution in [2.45, 2.75) is 0 Å². The van der Waals surface area contributed by atoms with Gasteiger partial charge in [-0.3, -0.25) is 4.79 Å². The molecule has 0 saturated carbocycles. The Hall–Kier alpha value is -2.60. The van der Waals surface area contributed by atoms with Crippen molar-refractivity contribution < 1.29 is 23.6 Å². The van der Waals surface area contributed by atoms with Gasteiger partial charge < -0.3 is 19.3 Å². The first-order valence-electron chi connectivity index (χ1n) is 8.46. The molecule has 4 rings (SSSR count). The maximum Gasteiger partial charge on any atom is 0.231 e. The van der Waals surface area contributed by atoms with E-state index in [0.717, 1.165) is 31.9 Å². The first kappa shape index (κ1) is 15.9. The Bertz CT molecular complexity index is 771. The number of nitrogens with zero attached hydrogens (tertiary/aromatic N) is 1. The van der Waals surface area contributed by atoms with E-state index in [1.54, 1.807) is 30.3 Å². The maximum absolute atomic E-state index is 13.0. The number of halogens is 1. The summed E-state index contributed by atoms with van der Waals surface area (Å²) in [5, 5.41) is 0. The van der Waals surface area contributed by atoms with Crippen LogP contribution in [0.4, 0.5) is 10.1 Å². The zero-order valence-electron chi connectivity index (χ0n) is 13.8. The molecule has 2 heterocycles. The second-order valence-corrected chi connectivity index (χ2v) is 6.38. The zero-order chi connectivity index (χ0) is 17.2. The topological polar surface area (TPSA) is 43.2 Å². The van der Waals surface area contributed by atoms with Crippen LogP contribution in [0.1, 0.15) is 10.4 Å². The first-order chi connectivity index (χ1) is 12.2. The predicted molar refractivity (Wildman–Crippen MR) is 91.1 cm³/mol. The molecule has 1 saturated heterocycles. The van der Waals surface area contributed by atoms with Crippen molar-refractivity contribution in [3.63, 3.8) is 0 Å². The summed E-state index contributed by atoms with van der Waals surface area (Å²) in [6, 6.07) is 11.9. The van der Waals surface area contributed by atoms with E-state index in [1.165, 1.54) is 17.0 Å². The molecule has 1 N–H and O–H groups in total. The molecular weight excluding hydrogens is 323 g/mol. The fourth-order valence-electron chi connectivity index (χ4n) is 3.31. The Morgan fingerprint density at radius 1 is 1.04 bits per heavy atom. The lowest BCUT2D eigenvalue weighted by atomic mass is 10.1. The highest BCUT2D eigenvalue weighted by Gasteiger charge is 2.24. The van der Waals surface area contributed by atoms with E-state index in [4.69, 9.17) is 9.47 Å². The highest BCUT2D eigenvalue weighted by atomic mass is 19.1. The van der Waals surface area contributed by atoms with Crippen LogP contribution in [0, 0.1) is 5.82 Å². The van der Waals surface area contributed by atoms with E-state index in [2.05, 4.69) is 4.90 Å². The van der Waals surface area contributed by atoms with E-state index in [0.29, 0.717) is 23.6 Å². The summed E-state index contributed by atoms with van der Waals surface area (Å²) >= 11 is 0. The van der Waals surface area contributed by atoms with Crippen molar-refractivity contribution in [2.24, 2.45) is 0 Å². The molecular formula is C19H20FN2O3+. The molecule has 1 fully saturated rings. The molecule has 130 valence electrons. The van der Waals surface area contributed by atoms with Gasteiger partial charge in [0.1, 0.15) is 12.4 Å². The third-order valence-corrected chi connectivity index (χ3v) is 4.77. The summed E-state index contributed by atoms with van der Waals surface area (Å²) in [6.45, 7) is 4.16. The molecule has 0 radical (unpaired) electrons. The molecule has 0 aliphatic carbocycles. The number of hydrogen-bond donors (Lipinski definition) is 1. The number of nitrogens with one attached hydrogen (secondary N) is 1. The molecule has 0 amide bonds. The summed E-state index contributed by atoms with van der Waals surface area (Å²) in [6.07, 6.45) is 0. The predicted octanol–water partition coefficient (Wildman–Crippen LogP) is 1.14. The number of Topliss-reactive ketones (excluding diaryl/α,β-unsaturated/α-hetero) is 1. The summed E-state index contributed by atoms with van der Waals surface area (Å²) in [5.41, 5.74) is 1.69. The molecule has 5 nitrogen and oxygen atoms in total. The molecule has 0 unspecified atom stereocenters. The van der Waals surface area contributed by atoms with Gasteiger partial charge in [0.2, 0.25) is 12.6 Å². The molecule has 2 aliphatic heterocycles. The van der Waals surface area contributed by atoms with Crippen LogP contribution >= 0.6 is 0 Å². The van der Waals surface area contributed by atoms with Crippen LogP contribution in [-0.4, -0.2) is 45.3 Å². The average molecular weight is 343 g/mol. The van der Waals surface area contributed by atoms with Gasteiger partial charge in [-0.25, -0.2) is 4.39 Å². The molecule has 2 aliphatic rings. The monoisotopic (exact) mass is 343 g/mol. The summed E-state index contributed by atoms with van der Waals surface area (Å²) in [7, 11) is 0. The second kappa shape index (κ2) is 6.72. The van der Waals surface area contributed by atoms with Gasteiger partial charge in [0, 0.05) is 11.3 Å². The molecule has 2 aromatic rings. The number of ketones is 1. The van der Waals surface area contributed by atoms with Crippen molar-refractivity contribution in [3.05, 3.63) is 53.8 Å². The fourth-order valence-corrected chi connectivity index (χ4v) is 3.31. The lowest BCUT2D eigenvalue weighted by Gasteiger charge is -2.33. The van der Waals surface area contributed by atoms with E-state index in [-0.39, 0.29) is 18.4 Å². The number of ether oxygens (including phenoxy) is 2. The Morgan fingerprint density at radius 3 is 2.52 bits per heavy atom. The molecule has 0 aromatic heterocycles. The van der Waals surface area contributed by atoms with Crippen LogP contribution < -0.4 is 19.3 Å². The maximum atomic E-state index is 13.0. The number of anilines is 1. The highest BCUT2D eigenvalue weighted by Crippen LogP contribution is 2.32. The lowest BCUT2D eigenvalue weighted by molar-refractivity contribution is -0.892. The van der Waals surface area contributed by atoms with E-state index < -0.39 is 0 Å². The third-order valence-electron chi connectivity index (χ3n) is 4.77. The van der Waals surface area contributed by atoms with Gasteiger partial charge in [-0.1, -0.05) is 0 Å². The van der Waals surface area contributed by atoms with Crippen molar-refractivity contribution in [1.82, 2.24) is 0 Å². The van der Waals surface area contributed by atoms with Gasteiger partial charge in [-0.2, -0.15) is 0 Å². The Balaban J connectivity index is 1.34. The minimum absolute atomic E-state index is 0.114. The van der Waals surface area contributed by atoms with Crippen molar-refractivity contribution in [2.75, 3.05) is 44.4 Å². The third kappa shape index (κ3) is 3.44. The quantitative estimate of drug-likeness (QED) is 0.846. The van der Waals surface area contributed by atoms with Crippen LogP contribution in [0.15, 0.2) is 42.5 Å². The standard InChI is InChI=1S/C19H19FN2O3/c20-15-2-4-16(5-3-15)22-9-7-21(8-10-22)12-17(23)14-1-6-18-19(11-14)25-13-24-18/h1-6,11H,7-10,12-13H2/p+1. The van der Waals surface area contributed by atoms with Gasteiger partial charge >= 0.3 is 0 Å². The van der Waals surface area contributed by atoms with Gasteiger partial charge in [-0.15, -0.1) is 0 Å². The number of rotatable bonds is 4. The first-order valence-corrected chi connectivity index (χ1v) is 8.46. The second-order valence-electron chi connectivity index (χ2n) is 6.38.